The van der Waals surface area contributed by atoms with Crippen LogP contribution in [-0.4, -0.2) is 30.9 Å². The summed E-state index contributed by atoms with van der Waals surface area (Å²) in [6.07, 6.45) is 14.2. The van der Waals surface area contributed by atoms with Crippen molar-refractivity contribution in [3.8, 4) is 0 Å². The normalized spacial score (nSPS) is 14.6. The van der Waals surface area contributed by atoms with Gasteiger partial charge in [-0.1, -0.05) is 71.3 Å². The van der Waals surface area contributed by atoms with Gasteiger partial charge in [0.15, 0.2) is 0 Å². The Morgan fingerprint density at radius 2 is 1.73 bits per heavy atom. The van der Waals surface area contributed by atoms with E-state index in [0.29, 0.717) is 0 Å². The number of aliphatic hydroxyl groups is 1. The van der Waals surface area contributed by atoms with Crippen molar-refractivity contribution in [3.63, 3.8) is 0 Å². The molecule has 4 nitrogen and oxygen atoms in total. The number of halogens is 2. The average Bonchev–Trinajstić information content (AvgIpc) is 3.21. The molecule has 0 spiro atoms. The zero-order valence-corrected chi connectivity index (χ0v) is 19.0. The molecule has 0 aliphatic heterocycles. The third-order valence-corrected chi connectivity index (χ3v) is 6.97. The lowest BCUT2D eigenvalue weighted by Crippen LogP contribution is -2.41. The third kappa shape index (κ3) is 7.65. The van der Waals surface area contributed by atoms with Crippen LogP contribution >= 0.6 is 11.8 Å². The van der Waals surface area contributed by atoms with E-state index in [0.717, 1.165) is 18.2 Å². The molecule has 0 saturated heterocycles. The lowest BCUT2D eigenvalue weighted by atomic mass is 9.90. The molecular weight excluding hydrogens is 404 g/mol. The van der Waals surface area contributed by atoms with E-state index in [1.807, 2.05) is 6.92 Å². The van der Waals surface area contributed by atoms with E-state index < -0.39 is 17.2 Å². The van der Waals surface area contributed by atoms with Gasteiger partial charge in [-0.15, -0.1) is 0 Å². The molecule has 2 atom stereocenters. The average molecular weight is 440 g/mol. The summed E-state index contributed by atoms with van der Waals surface area (Å²) in [5, 5.41) is 15.2. The number of thioether (sulfide) groups is 1. The Hall–Kier alpha value is -1.47. The second-order valence-electron chi connectivity index (χ2n) is 7.98. The van der Waals surface area contributed by atoms with Crippen molar-refractivity contribution in [2.24, 2.45) is 0 Å². The summed E-state index contributed by atoms with van der Waals surface area (Å²) >= 11 is 1.62. The third-order valence-electron chi connectivity index (χ3n) is 5.56. The minimum atomic E-state index is -1.52. The van der Waals surface area contributed by atoms with Gasteiger partial charge in [-0.05, 0) is 18.2 Å². The van der Waals surface area contributed by atoms with Gasteiger partial charge >= 0.3 is 0 Å². The van der Waals surface area contributed by atoms with Gasteiger partial charge in [0.05, 0.1) is 6.54 Å². The number of hydrogen-bond acceptors (Lipinski definition) is 4. The highest BCUT2D eigenvalue weighted by atomic mass is 32.2. The number of benzene rings is 1. The van der Waals surface area contributed by atoms with Crippen molar-refractivity contribution in [1.82, 2.24) is 14.8 Å². The lowest BCUT2D eigenvalue weighted by Gasteiger charge is -2.34. The van der Waals surface area contributed by atoms with E-state index in [1.165, 1.54) is 80.8 Å². The summed E-state index contributed by atoms with van der Waals surface area (Å²) in [7, 11) is 0. The van der Waals surface area contributed by atoms with Crippen molar-refractivity contribution < 1.29 is 13.9 Å². The largest absolute Gasteiger partial charge is 0.382 e. The number of hydrogen-bond donors (Lipinski definition) is 1. The van der Waals surface area contributed by atoms with E-state index >= 15 is 0 Å². The van der Waals surface area contributed by atoms with E-state index in [2.05, 4.69) is 17.0 Å². The Morgan fingerprint density at radius 1 is 1.07 bits per heavy atom. The van der Waals surface area contributed by atoms with Crippen LogP contribution in [0.2, 0.25) is 0 Å². The van der Waals surface area contributed by atoms with Crippen LogP contribution in [0.5, 0.6) is 0 Å². The van der Waals surface area contributed by atoms with E-state index in [1.54, 1.807) is 11.8 Å². The SMILES string of the molecule is CCCCCCCCCCCS[C@H](C)[C@](O)(Cn1cncn1)c1ccc(F)cc1F. The molecular formula is C23H35F2N3OS. The first-order valence-electron chi connectivity index (χ1n) is 11.1. The second-order valence-corrected chi connectivity index (χ2v) is 9.43. The molecule has 1 aromatic carbocycles. The fraction of sp³-hybridized carbons (Fsp3) is 0.652. The molecule has 0 fully saturated rings. The molecule has 0 radical (unpaired) electrons. The fourth-order valence-corrected chi connectivity index (χ4v) is 4.85. The summed E-state index contributed by atoms with van der Waals surface area (Å²) in [4.78, 5) is 3.90. The van der Waals surface area contributed by atoms with Gasteiger partial charge in [-0.25, -0.2) is 18.4 Å². The standard InChI is InChI=1S/C23H35F2N3OS/c1-3-4-5-6-7-8-9-10-11-14-30-19(2)23(29,16-28-18-26-17-27-28)21-13-12-20(24)15-22(21)25/h12-13,15,17-19,29H,3-11,14,16H2,1-2H3/t19-,23-/m1/s1. The minimum absolute atomic E-state index is 0.0570. The fourth-order valence-electron chi connectivity index (χ4n) is 3.65. The zero-order chi connectivity index (χ0) is 21.8. The highest BCUT2D eigenvalue weighted by Gasteiger charge is 2.39. The molecule has 30 heavy (non-hydrogen) atoms. The smallest absolute Gasteiger partial charge is 0.137 e. The maximum absolute atomic E-state index is 14.5. The van der Waals surface area contributed by atoms with Crippen LogP contribution in [0.3, 0.4) is 0 Å². The van der Waals surface area contributed by atoms with Crippen LogP contribution in [0.15, 0.2) is 30.9 Å². The van der Waals surface area contributed by atoms with Gasteiger partial charge in [0.25, 0.3) is 0 Å². The van der Waals surface area contributed by atoms with Crippen molar-refractivity contribution in [3.05, 3.63) is 48.1 Å². The molecule has 1 N–H and O–H groups in total. The number of rotatable bonds is 15. The van der Waals surface area contributed by atoms with E-state index in [9.17, 15) is 13.9 Å². The van der Waals surface area contributed by atoms with Crippen LogP contribution in [0.25, 0.3) is 0 Å². The molecule has 0 bridgehead atoms. The Labute approximate surface area is 183 Å². The monoisotopic (exact) mass is 439 g/mol. The first-order chi connectivity index (χ1) is 14.5. The molecule has 0 unspecified atom stereocenters. The predicted octanol–water partition coefficient (Wildman–Crippen LogP) is 6.10. The summed E-state index contributed by atoms with van der Waals surface area (Å²) in [5.74, 6) is -0.512. The van der Waals surface area contributed by atoms with Crippen molar-refractivity contribution in [2.75, 3.05) is 5.75 Å². The minimum Gasteiger partial charge on any atom is -0.382 e. The van der Waals surface area contributed by atoms with E-state index in [4.69, 9.17) is 0 Å². The van der Waals surface area contributed by atoms with Crippen molar-refractivity contribution >= 4 is 11.8 Å². The molecule has 1 heterocycles. The molecule has 168 valence electrons. The van der Waals surface area contributed by atoms with Gasteiger partial charge in [-0.3, -0.25) is 0 Å². The maximum atomic E-state index is 14.5. The number of unbranched alkanes of at least 4 members (excludes halogenated alkanes) is 8. The molecule has 2 aromatic rings. The molecule has 0 amide bonds. The predicted molar refractivity (Wildman–Crippen MR) is 119 cm³/mol. The van der Waals surface area contributed by atoms with Crippen molar-refractivity contribution in [2.45, 2.75) is 89.0 Å². The van der Waals surface area contributed by atoms with Gasteiger partial charge in [-0.2, -0.15) is 16.9 Å². The van der Waals surface area contributed by atoms with E-state index in [-0.39, 0.29) is 17.4 Å². The molecule has 0 aliphatic rings. The van der Waals surface area contributed by atoms with Gasteiger partial charge < -0.3 is 5.11 Å². The summed E-state index contributed by atoms with van der Waals surface area (Å²) in [6.45, 7) is 4.18. The quantitative estimate of drug-likeness (QED) is 0.341. The summed E-state index contributed by atoms with van der Waals surface area (Å²) < 4.78 is 29.4. The Bertz CT molecular complexity index is 729. The Morgan fingerprint density at radius 3 is 2.33 bits per heavy atom. The highest BCUT2D eigenvalue weighted by molar-refractivity contribution is 7.99. The highest BCUT2D eigenvalue weighted by Crippen LogP contribution is 2.36. The van der Waals surface area contributed by atoms with Gasteiger partial charge in [0.1, 0.15) is 29.9 Å². The molecule has 0 aliphatic carbocycles. The van der Waals surface area contributed by atoms with Crippen LogP contribution in [0.1, 0.15) is 77.2 Å². The number of aromatic nitrogens is 3. The van der Waals surface area contributed by atoms with Gasteiger partial charge in [0, 0.05) is 16.9 Å². The first kappa shape index (κ1) is 24.8. The summed E-state index contributed by atoms with van der Waals surface area (Å²) in [6, 6.07) is 3.33. The van der Waals surface area contributed by atoms with Crippen LogP contribution in [0.4, 0.5) is 8.78 Å². The number of nitrogens with zero attached hydrogens (tertiary/aromatic N) is 3. The molecule has 2 rings (SSSR count). The molecule has 1 aromatic heterocycles. The molecule has 0 saturated carbocycles. The first-order valence-corrected chi connectivity index (χ1v) is 12.1. The second kappa shape index (κ2) is 13.1. The maximum Gasteiger partial charge on any atom is 0.137 e. The topological polar surface area (TPSA) is 50.9 Å². The van der Waals surface area contributed by atoms with Crippen LogP contribution in [0, 0.1) is 11.6 Å². The lowest BCUT2D eigenvalue weighted by molar-refractivity contribution is 0.0133. The van der Waals surface area contributed by atoms with Crippen LogP contribution in [-0.2, 0) is 12.1 Å². The van der Waals surface area contributed by atoms with Crippen molar-refractivity contribution in [1.29, 1.82) is 0 Å². The summed E-state index contributed by atoms with van der Waals surface area (Å²) in [5.41, 5.74) is -1.43. The Balaban J connectivity index is 1.87. The zero-order valence-electron chi connectivity index (χ0n) is 18.2. The Kier molecular flexibility index (Phi) is 10.8. The van der Waals surface area contributed by atoms with Gasteiger partial charge in [0.2, 0.25) is 0 Å². The van der Waals surface area contributed by atoms with Crippen LogP contribution < -0.4 is 0 Å². The molecule has 7 heteroatoms.